The number of amides is 2. The van der Waals surface area contributed by atoms with Crippen molar-refractivity contribution in [1.82, 2.24) is 24.3 Å². The van der Waals surface area contributed by atoms with Crippen molar-refractivity contribution in [1.29, 1.82) is 0 Å². The number of rotatable bonds is 5. The van der Waals surface area contributed by atoms with E-state index >= 15 is 0 Å². The van der Waals surface area contributed by atoms with Crippen LogP contribution < -0.4 is 22.1 Å². The average molecular weight is 504 g/mol. The first-order chi connectivity index (χ1) is 16.8. The molecule has 0 aliphatic rings. The summed E-state index contributed by atoms with van der Waals surface area (Å²) in [5.74, 6) is -0.113. The van der Waals surface area contributed by atoms with E-state index in [-0.39, 0.29) is 29.1 Å². The Morgan fingerprint density at radius 2 is 1.78 bits per heavy atom. The van der Waals surface area contributed by atoms with Gasteiger partial charge in [0.25, 0.3) is 0 Å². The van der Waals surface area contributed by atoms with E-state index in [1.54, 1.807) is 24.3 Å². The van der Waals surface area contributed by atoms with Crippen LogP contribution >= 0.6 is 0 Å². The van der Waals surface area contributed by atoms with E-state index in [1.165, 1.54) is 15.5 Å². The van der Waals surface area contributed by atoms with E-state index in [1.807, 2.05) is 13.8 Å². The Labute approximate surface area is 202 Å². The van der Waals surface area contributed by atoms with Crippen molar-refractivity contribution >= 4 is 34.6 Å². The van der Waals surface area contributed by atoms with Gasteiger partial charge in [-0.3, -0.25) is 14.5 Å². The molecular formula is C22H23F3N8O3. The standard InChI is InChI=1S/C22H23F3N8O3/c1-11(2)32-18-16(17(26)27-10-28-18)33(20(32)35)13-7-5-12(6-8-13)29-19(34)30-15-9-14(31-36-15)21(3,4)22(23,24)25/h5-11H,1-4H3,(H2,26,27,28)(H2,29,30,34). The van der Waals surface area contributed by atoms with Crippen LogP contribution in [0.2, 0.25) is 0 Å². The molecule has 11 nitrogen and oxygen atoms in total. The minimum absolute atomic E-state index is 0.137. The third-order valence-electron chi connectivity index (χ3n) is 5.68. The number of nitrogens with zero attached hydrogens (tertiary/aromatic N) is 5. The Hall–Kier alpha value is -4.36. The lowest BCUT2D eigenvalue weighted by molar-refractivity contribution is -0.181. The predicted molar refractivity (Wildman–Crippen MR) is 126 cm³/mol. The lowest BCUT2D eigenvalue weighted by atomic mass is 9.89. The maximum absolute atomic E-state index is 13.2. The molecule has 0 aliphatic heterocycles. The molecule has 190 valence electrons. The van der Waals surface area contributed by atoms with Gasteiger partial charge in [0.15, 0.2) is 11.5 Å². The molecule has 0 aliphatic carbocycles. The van der Waals surface area contributed by atoms with Crippen LogP contribution in [0.5, 0.6) is 0 Å². The Bertz CT molecular complexity index is 1480. The first kappa shape index (κ1) is 24.8. The molecule has 14 heteroatoms. The van der Waals surface area contributed by atoms with E-state index in [4.69, 9.17) is 10.3 Å². The third-order valence-corrected chi connectivity index (χ3v) is 5.68. The highest BCUT2D eigenvalue weighted by Gasteiger charge is 2.50. The summed E-state index contributed by atoms with van der Waals surface area (Å²) in [4.78, 5) is 33.6. The molecule has 0 fully saturated rings. The molecule has 0 radical (unpaired) electrons. The lowest BCUT2D eigenvalue weighted by Gasteiger charge is -2.24. The number of carbonyl (C=O) groups is 1. The highest BCUT2D eigenvalue weighted by molar-refractivity contribution is 5.99. The molecular weight excluding hydrogens is 481 g/mol. The minimum atomic E-state index is -4.55. The predicted octanol–water partition coefficient (Wildman–Crippen LogP) is 4.22. The quantitative estimate of drug-likeness (QED) is 0.369. The van der Waals surface area contributed by atoms with Crippen molar-refractivity contribution < 1.29 is 22.5 Å². The van der Waals surface area contributed by atoms with E-state index < -0.39 is 17.6 Å². The highest BCUT2D eigenvalue weighted by atomic mass is 19.4. The topological polar surface area (TPSA) is 146 Å². The number of nitrogens with two attached hydrogens (primary N) is 1. The zero-order chi connectivity index (χ0) is 26.4. The van der Waals surface area contributed by atoms with Crippen LogP contribution in [0, 0.1) is 0 Å². The molecule has 2 amide bonds. The summed E-state index contributed by atoms with van der Waals surface area (Å²) in [5, 5.41) is 8.25. The summed E-state index contributed by atoms with van der Waals surface area (Å²) in [6, 6.07) is 6.33. The van der Waals surface area contributed by atoms with Crippen LogP contribution in [0.3, 0.4) is 0 Å². The van der Waals surface area contributed by atoms with Crippen molar-refractivity contribution in [2.24, 2.45) is 0 Å². The first-order valence-corrected chi connectivity index (χ1v) is 10.8. The van der Waals surface area contributed by atoms with Gasteiger partial charge in [-0.15, -0.1) is 0 Å². The van der Waals surface area contributed by atoms with Crippen LogP contribution in [0.1, 0.15) is 39.4 Å². The Morgan fingerprint density at radius 1 is 1.11 bits per heavy atom. The average Bonchev–Trinajstić information content (AvgIpc) is 3.36. The number of benzene rings is 1. The van der Waals surface area contributed by atoms with Gasteiger partial charge in [-0.25, -0.2) is 19.6 Å². The fourth-order valence-corrected chi connectivity index (χ4v) is 3.51. The Balaban J connectivity index is 1.54. The molecule has 0 saturated heterocycles. The summed E-state index contributed by atoms with van der Waals surface area (Å²) in [7, 11) is 0. The van der Waals surface area contributed by atoms with Crippen molar-refractivity contribution in [3.8, 4) is 5.69 Å². The molecule has 0 spiro atoms. The van der Waals surface area contributed by atoms with Crippen LogP contribution in [0.15, 0.2) is 46.0 Å². The number of halogens is 3. The van der Waals surface area contributed by atoms with Gasteiger partial charge in [-0.1, -0.05) is 5.16 Å². The molecule has 4 N–H and O–H groups in total. The lowest BCUT2D eigenvalue weighted by Crippen LogP contribution is -2.36. The smallest absolute Gasteiger partial charge is 0.382 e. The number of hydrogen-bond acceptors (Lipinski definition) is 7. The maximum atomic E-state index is 13.2. The second kappa shape index (κ2) is 8.70. The summed E-state index contributed by atoms with van der Waals surface area (Å²) < 4.78 is 47.3. The van der Waals surface area contributed by atoms with Crippen LogP contribution in [-0.4, -0.2) is 36.5 Å². The largest absolute Gasteiger partial charge is 0.399 e. The number of aromatic nitrogens is 5. The molecule has 4 rings (SSSR count). The first-order valence-electron chi connectivity index (χ1n) is 10.8. The summed E-state index contributed by atoms with van der Waals surface area (Å²) >= 11 is 0. The SMILES string of the molecule is CC(C)n1c(=O)n(-c2ccc(NC(=O)Nc3cc(C(C)(C)C(F)(F)F)no3)cc2)c2c(N)ncnc21. The molecule has 3 aromatic heterocycles. The van der Waals surface area contributed by atoms with Crippen molar-refractivity contribution in [3.05, 3.63) is 52.8 Å². The van der Waals surface area contributed by atoms with Gasteiger partial charge in [-0.2, -0.15) is 13.2 Å². The zero-order valence-electron chi connectivity index (χ0n) is 19.7. The number of nitrogens with one attached hydrogen (secondary N) is 2. The van der Waals surface area contributed by atoms with Gasteiger partial charge in [0.1, 0.15) is 23.0 Å². The number of anilines is 3. The van der Waals surface area contributed by atoms with Crippen LogP contribution in [0.25, 0.3) is 16.9 Å². The van der Waals surface area contributed by atoms with Gasteiger partial charge in [0.2, 0.25) is 5.88 Å². The van der Waals surface area contributed by atoms with E-state index in [0.29, 0.717) is 22.5 Å². The number of fused-ring (bicyclic) bond motifs is 1. The van der Waals surface area contributed by atoms with Gasteiger partial charge < -0.3 is 15.6 Å². The summed E-state index contributed by atoms with van der Waals surface area (Å²) in [6.07, 6.45) is -3.26. The van der Waals surface area contributed by atoms with E-state index in [2.05, 4.69) is 25.8 Å². The Kier molecular flexibility index (Phi) is 5.98. The molecule has 4 aromatic rings. The fourth-order valence-electron chi connectivity index (χ4n) is 3.51. The molecule has 0 unspecified atom stereocenters. The second-order valence-electron chi connectivity index (χ2n) is 8.84. The minimum Gasteiger partial charge on any atom is -0.382 e. The normalized spacial score (nSPS) is 12.3. The van der Waals surface area contributed by atoms with E-state index in [9.17, 15) is 22.8 Å². The third kappa shape index (κ3) is 4.25. The number of urea groups is 1. The van der Waals surface area contributed by atoms with Gasteiger partial charge >= 0.3 is 17.9 Å². The van der Waals surface area contributed by atoms with Gasteiger partial charge in [-0.05, 0) is 52.0 Å². The van der Waals surface area contributed by atoms with Gasteiger partial charge in [0, 0.05) is 17.8 Å². The number of alkyl halides is 3. The zero-order valence-corrected chi connectivity index (χ0v) is 19.7. The van der Waals surface area contributed by atoms with Crippen molar-refractivity contribution in [2.75, 3.05) is 16.4 Å². The van der Waals surface area contributed by atoms with Gasteiger partial charge in [0.05, 0.1) is 5.69 Å². The van der Waals surface area contributed by atoms with Crippen LogP contribution in [0.4, 0.5) is 35.4 Å². The number of carbonyl (C=O) groups excluding carboxylic acids is 1. The fraction of sp³-hybridized carbons (Fsp3) is 0.318. The second-order valence-corrected chi connectivity index (χ2v) is 8.84. The summed E-state index contributed by atoms with van der Waals surface area (Å²) in [6.45, 7) is 5.60. The molecule has 0 saturated carbocycles. The number of imidazole rings is 1. The van der Waals surface area contributed by atoms with Crippen molar-refractivity contribution in [3.63, 3.8) is 0 Å². The summed E-state index contributed by atoms with van der Waals surface area (Å²) in [5.41, 5.74) is 4.61. The Morgan fingerprint density at radius 3 is 2.39 bits per heavy atom. The monoisotopic (exact) mass is 504 g/mol. The highest BCUT2D eigenvalue weighted by Crippen LogP contribution is 2.40. The molecule has 0 bridgehead atoms. The van der Waals surface area contributed by atoms with Crippen LogP contribution in [-0.2, 0) is 5.41 Å². The van der Waals surface area contributed by atoms with Crippen molar-refractivity contribution in [2.45, 2.75) is 45.3 Å². The number of hydrogen-bond donors (Lipinski definition) is 3. The molecule has 0 atom stereocenters. The molecule has 36 heavy (non-hydrogen) atoms. The maximum Gasteiger partial charge on any atom is 0.399 e. The molecule has 3 heterocycles. The van der Waals surface area contributed by atoms with E-state index in [0.717, 1.165) is 19.9 Å². The number of nitrogen functional groups attached to an aromatic ring is 1. The molecule has 1 aromatic carbocycles.